The lowest BCUT2D eigenvalue weighted by atomic mass is 10.3. The lowest BCUT2D eigenvalue weighted by Gasteiger charge is -1.99. The van der Waals surface area contributed by atoms with Gasteiger partial charge >= 0.3 is 0 Å². The van der Waals surface area contributed by atoms with Gasteiger partial charge in [0.05, 0.1) is 5.02 Å². The van der Waals surface area contributed by atoms with Crippen molar-refractivity contribution in [3.63, 3.8) is 0 Å². The van der Waals surface area contributed by atoms with Crippen LogP contribution in [0.4, 0.5) is 5.82 Å². The molecular formula is C8H6Cl2N2OS. The summed E-state index contributed by atoms with van der Waals surface area (Å²) in [5.41, 5.74) is 0.963. The Bertz CT molecular complexity index is 413. The van der Waals surface area contributed by atoms with Crippen LogP contribution in [-0.4, -0.2) is 5.16 Å². The number of anilines is 1. The molecule has 6 heteroatoms. The Labute approximate surface area is 94.6 Å². The number of hydrogen-bond acceptors (Lipinski definition) is 4. The summed E-state index contributed by atoms with van der Waals surface area (Å²) in [6.45, 7) is 0.592. The van der Waals surface area contributed by atoms with E-state index in [0.717, 1.165) is 5.56 Å². The second-order valence-corrected chi connectivity index (χ2v) is 4.45. The van der Waals surface area contributed by atoms with Crippen LogP contribution in [0.3, 0.4) is 0 Å². The van der Waals surface area contributed by atoms with Crippen molar-refractivity contribution in [3.8, 4) is 0 Å². The van der Waals surface area contributed by atoms with Crippen molar-refractivity contribution in [2.45, 2.75) is 6.54 Å². The monoisotopic (exact) mass is 248 g/mol. The third kappa shape index (κ3) is 2.03. The first kappa shape index (κ1) is 9.83. The van der Waals surface area contributed by atoms with Crippen molar-refractivity contribution in [1.29, 1.82) is 0 Å². The summed E-state index contributed by atoms with van der Waals surface area (Å²) >= 11 is 13.2. The standard InChI is InChI=1S/C8H6Cl2N2OS/c9-7-5(4-14-8(7)10)3-11-6-1-2-13-12-6/h1-2,4H,3H2,(H,11,12). The summed E-state index contributed by atoms with van der Waals surface area (Å²) in [5, 5.41) is 9.28. The van der Waals surface area contributed by atoms with E-state index in [2.05, 4.69) is 15.0 Å². The zero-order valence-corrected chi connectivity index (χ0v) is 9.29. The Morgan fingerprint density at radius 3 is 2.93 bits per heavy atom. The van der Waals surface area contributed by atoms with Gasteiger partial charge in [0.2, 0.25) is 0 Å². The fourth-order valence-corrected chi connectivity index (χ4v) is 2.22. The van der Waals surface area contributed by atoms with E-state index < -0.39 is 0 Å². The van der Waals surface area contributed by atoms with Gasteiger partial charge in [-0.25, -0.2) is 0 Å². The Morgan fingerprint density at radius 2 is 2.36 bits per heavy atom. The molecule has 0 radical (unpaired) electrons. The number of halogens is 2. The van der Waals surface area contributed by atoms with Crippen molar-refractivity contribution in [2.24, 2.45) is 0 Å². The Balaban J connectivity index is 2.02. The van der Waals surface area contributed by atoms with E-state index in [-0.39, 0.29) is 0 Å². The summed E-state index contributed by atoms with van der Waals surface area (Å²) in [6, 6.07) is 1.74. The molecule has 2 aromatic heterocycles. The average Bonchev–Trinajstić information content (AvgIpc) is 2.77. The fraction of sp³-hybridized carbons (Fsp3) is 0.125. The van der Waals surface area contributed by atoms with Crippen LogP contribution in [0.25, 0.3) is 0 Å². The predicted octanol–water partition coefficient (Wildman–Crippen LogP) is 3.66. The summed E-state index contributed by atoms with van der Waals surface area (Å²) < 4.78 is 5.28. The molecule has 1 N–H and O–H groups in total. The van der Waals surface area contributed by atoms with Gasteiger partial charge in [0, 0.05) is 18.2 Å². The highest BCUT2D eigenvalue weighted by Crippen LogP contribution is 2.32. The van der Waals surface area contributed by atoms with Crippen molar-refractivity contribution in [2.75, 3.05) is 5.32 Å². The first-order valence-electron chi connectivity index (χ1n) is 3.83. The van der Waals surface area contributed by atoms with E-state index in [1.54, 1.807) is 6.07 Å². The summed E-state index contributed by atoms with van der Waals surface area (Å²) in [4.78, 5) is 0. The fourth-order valence-electron chi connectivity index (χ4n) is 0.961. The SMILES string of the molecule is Clc1scc(CNc2ccon2)c1Cl. The smallest absolute Gasteiger partial charge is 0.169 e. The molecule has 0 saturated carbocycles. The Morgan fingerprint density at radius 1 is 1.50 bits per heavy atom. The van der Waals surface area contributed by atoms with Gasteiger partial charge in [0.15, 0.2) is 5.82 Å². The molecule has 0 bridgehead atoms. The number of aromatic nitrogens is 1. The Hall–Kier alpha value is -0.710. The molecule has 3 nitrogen and oxygen atoms in total. The highest BCUT2D eigenvalue weighted by atomic mass is 35.5. The minimum atomic E-state index is 0.592. The molecule has 0 aliphatic heterocycles. The van der Waals surface area contributed by atoms with E-state index in [9.17, 15) is 0 Å². The van der Waals surface area contributed by atoms with Gasteiger partial charge in [0.25, 0.3) is 0 Å². The van der Waals surface area contributed by atoms with Gasteiger partial charge in [-0.2, -0.15) is 0 Å². The molecule has 0 aromatic carbocycles. The summed E-state index contributed by atoms with van der Waals surface area (Å²) in [5.74, 6) is 0.684. The molecule has 2 heterocycles. The highest BCUT2D eigenvalue weighted by Gasteiger charge is 2.07. The minimum absolute atomic E-state index is 0.592. The molecule has 0 amide bonds. The molecule has 2 rings (SSSR count). The van der Waals surface area contributed by atoms with Crippen LogP contribution in [0.5, 0.6) is 0 Å². The van der Waals surface area contributed by atoms with Gasteiger partial charge in [-0.15, -0.1) is 11.3 Å². The zero-order chi connectivity index (χ0) is 9.97. The molecule has 0 fully saturated rings. The number of nitrogens with zero attached hydrogens (tertiary/aromatic N) is 1. The van der Waals surface area contributed by atoms with Gasteiger partial charge in [0.1, 0.15) is 10.6 Å². The molecule has 2 aromatic rings. The van der Waals surface area contributed by atoms with E-state index in [1.165, 1.54) is 17.6 Å². The predicted molar refractivity (Wildman–Crippen MR) is 58.2 cm³/mol. The lowest BCUT2D eigenvalue weighted by molar-refractivity contribution is 0.422. The van der Waals surface area contributed by atoms with Crippen LogP contribution in [0, 0.1) is 0 Å². The van der Waals surface area contributed by atoms with Gasteiger partial charge < -0.3 is 9.84 Å². The van der Waals surface area contributed by atoms with Crippen LogP contribution in [0.15, 0.2) is 22.2 Å². The number of nitrogens with one attached hydrogen (secondary N) is 1. The number of hydrogen-bond donors (Lipinski definition) is 1. The molecule has 0 atom stereocenters. The highest BCUT2D eigenvalue weighted by molar-refractivity contribution is 7.15. The summed E-state index contributed by atoms with van der Waals surface area (Å²) in [7, 11) is 0. The topological polar surface area (TPSA) is 38.1 Å². The van der Waals surface area contributed by atoms with Crippen molar-refractivity contribution in [1.82, 2.24) is 5.16 Å². The van der Waals surface area contributed by atoms with Crippen LogP contribution < -0.4 is 5.32 Å². The second-order valence-electron chi connectivity index (χ2n) is 2.59. The Kier molecular flexibility index (Phi) is 2.96. The molecule has 14 heavy (non-hydrogen) atoms. The van der Waals surface area contributed by atoms with Gasteiger partial charge in [-0.1, -0.05) is 28.4 Å². The van der Waals surface area contributed by atoms with Crippen molar-refractivity contribution in [3.05, 3.63) is 32.6 Å². The van der Waals surface area contributed by atoms with Crippen molar-refractivity contribution < 1.29 is 4.52 Å². The van der Waals surface area contributed by atoms with E-state index in [1.807, 2.05) is 5.38 Å². The second kappa shape index (κ2) is 4.21. The number of thiophene rings is 1. The molecule has 0 unspecified atom stereocenters. The third-order valence-electron chi connectivity index (χ3n) is 1.66. The minimum Gasteiger partial charge on any atom is -0.363 e. The largest absolute Gasteiger partial charge is 0.363 e. The van der Waals surface area contributed by atoms with E-state index in [0.29, 0.717) is 21.7 Å². The van der Waals surface area contributed by atoms with Gasteiger partial charge in [-0.3, -0.25) is 0 Å². The zero-order valence-electron chi connectivity index (χ0n) is 6.96. The van der Waals surface area contributed by atoms with Crippen LogP contribution >= 0.6 is 34.5 Å². The van der Waals surface area contributed by atoms with Gasteiger partial charge in [-0.05, 0) is 5.38 Å². The third-order valence-corrected chi connectivity index (χ3v) is 3.57. The average molecular weight is 249 g/mol. The molecule has 0 saturated heterocycles. The first-order valence-corrected chi connectivity index (χ1v) is 5.46. The van der Waals surface area contributed by atoms with E-state index >= 15 is 0 Å². The van der Waals surface area contributed by atoms with Crippen LogP contribution in [0.2, 0.25) is 9.36 Å². The molecular weight excluding hydrogens is 243 g/mol. The normalized spacial score (nSPS) is 10.4. The maximum atomic E-state index is 5.94. The summed E-state index contributed by atoms with van der Waals surface area (Å²) in [6.07, 6.45) is 1.50. The molecule has 0 spiro atoms. The van der Waals surface area contributed by atoms with Crippen molar-refractivity contribution >= 4 is 40.4 Å². The quantitative estimate of drug-likeness (QED) is 0.902. The lowest BCUT2D eigenvalue weighted by Crippen LogP contribution is -1.98. The van der Waals surface area contributed by atoms with Crippen LogP contribution in [0.1, 0.15) is 5.56 Å². The maximum Gasteiger partial charge on any atom is 0.169 e. The first-order chi connectivity index (χ1) is 6.77. The maximum absolute atomic E-state index is 5.94. The van der Waals surface area contributed by atoms with E-state index in [4.69, 9.17) is 23.2 Å². The molecule has 0 aliphatic rings. The van der Waals surface area contributed by atoms with Crippen LogP contribution in [-0.2, 0) is 6.54 Å². The number of rotatable bonds is 3. The molecule has 74 valence electrons. The molecule has 0 aliphatic carbocycles.